The molecule has 6 heteroatoms. The number of nitrogens with one attached hydrogen (secondary N) is 2. The summed E-state index contributed by atoms with van der Waals surface area (Å²) in [6.07, 6.45) is 4.48. The molecule has 6 nitrogen and oxygen atoms in total. The Bertz CT molecular complexity index is 716. The van der Waals surface area contributed by atoms with Crippen molar-refractivity contribution in [3.05, 3.63) is 42.4 Å². The van der Waals surface area contributed by atoms with Gasteiger partial charge < -0.3 is 20.2 Å². The molecule has 1 fully saturated rings. The van der Waals surface area contributed by atoms with E-state index in [1.165, 1.54) is 0 Å². The van der Waals surface area contributed by atoms with Crippen molar-refractivity contribution in [3.8, 4) is 11.3 Å². The van der Waals surface area contributed by atoms with Crippen molar-refractivity contribution in [1.82, 2.24) is 15.6 Å². The number of aliphatic hydroxyl groups is 1. The Labute approximate surface area is 147 Å². The third kappa shape index (κ3) is 3.85. The second-order valence-corrected chi connectivity index (χ2v) is 7.03. The molecule has 2 amide bonds. The molecule has 0 bridgehead atoms. The molecule has 3 rings (SSSR count). The molecule has 1 aliphatic rings. The van der Waals surface area contributed by atoms with Crippen LogP contribution in [0.25, 0.3) is 11.3 Å². The van der Waals surface area contributed by atoms with Gasteiger partial charge in [0.15, 0.2) is 5.76 Å². The van der Waals surface area contributed by atoms with Crippen LogP contribution in [-0.4, -0.2) is 28.8 Å². The fourth-order valence-corrected chi connectivity index (χ4v) is 3.35. The molecule has 3 unspecified atom stereocenters. The summed E-state index contributed by atoms with van der Waals surface area (Å²) in [5.74, 6) is 1.14. The average molecular weight is 343 g/mol. The third-order valence-corrected chi connectivity index (χ3v) is 5.05. The van der Waals surface area contributed by atoms with Crippen LogP contribution in [0.3, 0.4) is 0 Å². The summed E-state index contributed by atoms with van der Waals surface area (Å²) in [5.41, 5.74) is 0.701. The van der Waals surface area contributed by atoms with E-state index in [0.29, 0.717) is 11.7 Å². The molecule has 1 aliphatic carbocycles. The van der Waals surface area contributed by atoms with Crippen molar-refractivity contribution in [2.45, 2.75) is 45.2 Å². The summed E-state index contributed by atoms with van der Waals surface area (Å²) in [6.45, 7) is 3.92. The van der Waals surface area contributed by atoms with Gasteiger partial charge in [0.25, 0.3) is 0 Å². The maximum Gasteiger partial charge on any atom is 0.315 e. The molecule has 1 heterocycles. The first-order valence-electron chi connectivity index (χ1n) is 8.71. The Morgan fingerprint density at radius 2 is 2.20 bits per heavy atom. The van der Waals surface area contributed by atoms with Crippen LogP contribution in [0.5, 0.6) is 0 Å². The molecule has 134 valence electrons. The molecule has 25 heavy (non-hydrogen) atoms. The lowest BCUT2D eigenvalue weighted by Gasteiger charge is -2.30. The Morgan fingerprint density at radius 1 is 1.44 bits per heavy atom. The lowest BCUT2D eigenvalue weighted by Crippen LogP contribution is -2.49. The van der Waals surface area contributed by atoms with Gasteiger partial charge in [-0.1, -0.05) is 43.7 Å². The first-order valence-corrected chi connectivity index (χ1v) is 8.71. The van der Waals surface area contributed by atoms with E-state index in [-0.39, 0.29) is 30.1 Å². The summed E-state index contributed by atoms with van der Waals surface area (Å²) in [5, 5.41) is 15.4. The van der Waals surface area contributed by atoms with Gasteiger partial charge in [-0.15, -0.1) is 0 Å². The monoisotopic (exact) mass is 343 g/mol. The third-order valence-electron chi connectivity index (χ3n) is 5.05. The number of hydrogen-bond donors (Lipinski definition) is 3. The van der Waals surface area contributed by atoms with Gasteiger partial charge in [0.05, 0.1) is 12.8 Å². The highest BCUT2D eigenvalue weighted by Crippen LogP contribution is 2.37. The van der Waals surface area contributed by atoms with Gasteiger partial charge in [-0.2, -0.15) is 0 Å². The molecule has 2 aromatic rings. The highest BCUT2D eigenvalue weighted by Gasteiger charge is 2.39. The van der Waals surface area contributed by atoms with E-state index in [1.54, 1.807) is 6.20 Å². The second-order valence-electron chi connectivity index (χ2n) is 7.03. The molecule has 1 aromatic heterocycles. The molecule has 0 aliphatic heterocycles. The van der Waals surface area contributed by atoms with E-state index in [1.807, 2.05) is 44.2 Å². The van der Waals surface area contributed by atoms with Crippen LogP contribution in [0.15, 0.2) is 40.9 Å². The van der Waals surface area contributed by atoms with Gasteiger partial charge in [0, 0.05) is 17.0 Å². The first kappa shape index (κ1) is 17.5. The van der Waals surface area contributed by atoms with Crippen molar-refractivity contribution in [1.29, 1.82) is 0 Å². The SMILES string of the molecule is CC(NC(=O)NC1CCCC1(C)CO)c1ncc(-c2ccccc2)o1. The number of oxazole rings is 1. The fourth-order valence-electron chi connectivity index (χ4n) is 3.35. The van der Waals surface area contributed by atoms with E-state index < -0.39 is 0 Å². The van der Waals surface area contributed by atoms with Crippen molar-refractivity contribution < 1.29 is 14.3 Å². The average Bonchev–Trinajstić information content (AvgIpc) is 3.24. The van der Waals surface area contributed by atoms with E-state index >= 15 is 0 Å². The molecule has 0 radical (unpaired) electrons. The summed E-state index contributed by atoms with van der Waals surface area (Å²) < 4.78 is 5.77. The van der Waals surface area contributed by atoms with Crippen LogP contribution in [0.1, 0.15) is 45.0 Å². The number of nitrogens with zero attached hydrogens (tertiary/aromatic N) is 1. The zero-order chi connectivity index (χ0) is 17.9. The summed E-state index contributed by atoms with van der Waals surface area (Å²) in [4.78, 5) is 16.6. The fraction of sp³-hybridized carbons (Fsp3) is 0.474. The molecule has 0 saturated heterocycles. The highest BCUT2D eigenvalue weighted by atomic mass is 16.4. The Kier molecular flexibility index (Phi) is 5.08. The van der Waals surface area contributed by atoms with E-state index in [0.717, 1.165) is 24.8 Å². The number of benzene rings is 1. The maximum atomic E-state index is 12.3. The van der Waals surface area contributed by atoms with Crippen LogP contribution < -0.4 is 10.6 Å². The lowest BCUT2D eigenvalue weighted by atomic mass is 9.86. The van der Waals surface area contributed by atoms with Gasteiger partial charge in [0.2, 0.25) is 5.89 Å². The number of hydrogen-bond acceptors (Lipinski definition) is 4. The molecule has 1 saturated carbocycles. The van der Waals surface area contributed by atoms with Crippen LogP contribution in [0, 0.1) is 5.41 Å². The van der Waals surface area contributed by atoms with Crippen molar-refractivity contribution >= 4 is 6.03 Å². The van der Waals surface area contributed by atoms with Crippen LogP contribution in [-0.2, 0) is 0 Å². The minimum absolute atomic E-state index is 0.0193. The second kappa shape index (κ2) is 7.27. The standard InChI is InChI=1S/C19H25N3O3/c1-13(17-20-11-15(25-17)14-7-4-3-5-8-14)21-18(24)22-16-9-6-10-19(16,2)12-23/h3-5,7-8,11,13,16,23H,6,9-10,12H2,1-2H3,(H2,21,22,24). The topological polar surface area (TPSA) is 87.4 Å². The van der Waals surface area contributed by atoms with Crippen LogP contribution >= 0.6 is 0 Å². The predicted octanol–water partition coefficient (Wildman–Crippen LogP) is 3.25. The molecule has 3 N–H and O–H groups in total. The van der Waals surface area contributed by atoms with Crippen molar-refractivity contribution in [2.75, 3.05) is 6.61 Å². The number of aliphatic hydroxyl groups excluding tert-OH is 1. The molecule has 0 spiro atoms. The number of carbonyl (C=O) groups excluding carboxylic acids is 1. The maximum absolute atomic E-state index is 12.3. The van der Waals surface area contributed by atoms with Crippen molar-refractivity contribution in [2.24, 2.45) is 5.41 Å². The minimum Gasteiger partial charge on any atom is -0.438 e. The van der Waals surface area contributed by atoms with Gasteiger partial charge in [0.1, 0.15) is 6.04 Å². The number of urea groups is 1. The summed E-state index contributed by atoms with van der Waals surface area (Å²) in [7, 11) is 0. The Balaban J connectivity index is 1.60. The van der Waals surface area contributed by atoms with Crippen LogP contribution in [0.2, 0.25) is 0 Å². The Hall–Kier alpha value is -2.34. The van der Waals surface area contributed by atoms with Gasteiger partial charge in [-0.3, -0.25) is 0 Å². The number of rotatable bonds is 5. The normalized spacial score (nSPS) is 24.0. The number of amides is 2. The zero-order valence-electron chi connectivity index (χ0n) is 14.7. The zero-order valence-corrected chi connectivity index (χ0v) is 14.7. The van der Waals surface area contributed by atoms with Gasteiger partial charge in [-0.25, -0.2) is 9.78 Å². The number of aromatic nitrogens is 1. The highest BCUT2D eigenvalue weighted by molar-refractivity contribution is 5.74. The quantitative estimate of drug-likeness (QED) is 0.778. The summed E-state index contributed by atoms with van der Waals surface area (Å²) >= 11 is 0. The van der Waals surface area contributed by atoms with Crippen LogP contribution in [0.4, 0.5) is 4.79 Å². The minimum atomic E-state index is -0.348. The molecular formula is C19H25N3O3. The van der Waals surface area contributed by atoms with E-state index in [4.69, 9.17) is 4.42 Å². The first-order chi connectivity index (χ1) is 12.0. The Morgan fingerprint density at radius 3 is 2.92 bits per heavy atom. The van der Waals surface area contributed by atoms with Gasteiger partial charge in [-0.05, 0) is 19.8 Å². The smallest absolute Gasteiger partial charge is 0.315 e. The van der Waals surface area contributed by atoms with Crippen molar-refractivity contribution in [3.63, 3.8) is 0 Å². The largest absolute Gasteiger partial charge is 0.438 e. The molecular weight excluding hydrogens is 318 g/mol. The molecule has 3 atom stereocenters. The lowest BCUT2D eigenvalue weighted by molar-refractivity contribution is 0.120. The predicted molar refractivity (Wildman–Crippen MR) is 94.9 cm³/mol. The van der Waals surface area contributed by atoms with E-state index in [2.05, 4.69) is 15.6 Å². The summed E-state index contributed by atoms with van der Waals surface area (Å²) in [6, 6.07) is 9.08. The van der Waals surface area contributed by atoms with E-state index in [9.17, 15) is 9.90 Å². The van der Waals surface area contributed by atoms with Gasteiger partial charge >= 0.3 is 6.03 Å². The molecule has 1 aromatic carbocycles. The number of carbonyl (C=O) groups is 1.